The van der Waals surface area contributed by atoms with E-state index >= 15 is 0 Å². The summed E-state index contributed by atoms with van der Waals surface area (Å²) in [6.45, 7) is 2.77. The van der Waals surface area contributed by atoms with Crippen LogP contribution in [0.2, 0.25) is 0 Å². The van der Waals surface area contributed by atoms with Crippen molar-refractivity contribution >= 4 is 17.1 Å². The highest BCUT2D eigenvalue weighted by Crippen LogP contribution is 2.23. The molecule has 0 radical (unpaired) electrons. The molecule has 3 rings (SSSR count). The second kappa shape index (κ2) is 4.46. The van der Waals surface area contributed by atoms with Gasteiger partial charge < -0.3 is 10.2 Å². The molecule has 0 aliphatic heterocycles. The lowest BCUT2D eigenvalue weighted by Crippen LogP contribution is -2.07. The minimum atomic E-state index is 0.515. The van der Waals surface area contributed by atoms with Crippen molar-refractivity contribution in [2.45, 2.75) is 26.3 Å². The van der Waals surface area contributed by atoms with Crippen LogP contribution in [0.15, 0.2) is 23.0 Å². The summed E-state index contributed by atoms with van der Waals surface area (Å²) < 4.78 is 8.91. The van der Waals surface area contributed by atoms with Crippen molar-refractivity contribution in [1.82, 2.24) is 19.3 Å². The fourth-order valence-electron chi connectivity index (χ4n) is 2.38. The quantitative estimate of drug-likeness (QED) is 0.777. The van der Waals surface area contributed by atoms with Gasteiger partial charge in [-0.05, 0) is 12.5 Å². The molecule has 3 aromatic heterocycles. The maximum atomic E-state index is 6.03. The Balaban J connectivity index is 2.11. The Morgan fingerprint density at radius 2 is 2.26 bits per heavy atom. The number of anilines is 1. The molecule has 0 saturated heterocycles. The van der Waals surface area contributed by atoms with Crippen LogP contribution in [0.4, 0.5) is 5.95 Å². The van der Waals surface area contributed by atoms with E-state index in [0.717, 1.165) is 35.3 Å². The standard InChI is InChI=1S/C13H17N5O/c1-3-4-10-11-12(17(2)16-10)18(13(14)15-11)7-9-5-6-19-8-9/h5-6,8H,3-4,7H2,1-2H3,(H2,14,15). The molecule has 6 heteroatoms. The summed E-state index contributed by atoms with van der Waals surface area (Å²) in [6.07, 6.45) is 5.33. The van der Waals surface area contributed by atoms with Gasteiger partial charge in [0.05, 0.1) is 24.8 Å². The van der Waals surface area contributed by atoms with Gasteiger partial charge in [-0.2, -0.15) is 5.10 Å². The third kappa shape index (κ3) is 1.89. The highest BCUT2D eigenvalue weighted by Gasteiger charge is 2.17. The summed E-state index contributed by atoms with van der Waals surface area (Å²) in [4.78, 5) is 4.46. The predicted molar refractivity (Wildman–Crippen MR) is 72.7 cm³/mol. The van der Waals surface area contributed by atoms with Gasteiger partial charge in [0, 0.05) is 12.6 Å². The molecule has 0 fully saturated rings. The maximum Gasteiger partial charge on any atom is 0.202 e. The maximum absolute atomic E-state index is 6.03. The number of aromatic nitrogens is 4. The van der Waals surface area contributed by atoms with Gasteiger partial charge in [-0.1, -0.05) is 13.3 Å². The minimum Gasteiger partial charge on any atom is -0.472 e. The van der Waals surface area contributed by atoms with Crippen molar-refractivity contribution < 1.29 is 4.42 Å². The molecule has 0 aromatic carbocycles. The summed E-state index contributed by atoms with van der Waals surface area (Å²) in [5, 5.41) is 4.52. The zero-order valence-corrected chi connectivity index (χ0v) is 11.1. The Morgan fingerprint density at radius 1 is 1.42 bits per heavy atom. The lowest BCUT2D eigenvalue weighted by atomic mass is 10.2. The van der Waals surface area contributed by atoms with Crippen molar-refractivity contribution in [3.8, 4) is 0 Å². The number of imidazole rings is 1. The molecule has 100 valence electrons. The highest BCUT2D eigenvalue weighted by atomic mass is 16.3. The SMILES string of the molecule is CCCc1nn(C)c2c1nc(N)n2Cc1ccoc1. The first-order valence-corrected chi connectivity index (χ1v) is 6.39. The first-order valence-electron chi connectivity index (χ1n) is 6.39. The number of furan rings is 1. The van der Waals surface area contributed by atoms with Crippen LogP contribution >= 0.6 is 0 Å². The third-order valence-corrected chi connectivity index (χ3v) is 3.23. The summed E-state index contributed by atoms with van der Waals surface area (Å²) in [5.74, 6) is 0.515. The Labute approximate surface area is 110 Å². The largest absolute Gasteiger partial charge is 0.472 e. The number of fused-ring (bicyclic) bond motifs is 1. The van der Waals surface area contributed by atoms with E-state index in [1.165, 1.54) is 0 Å². The van der Waals surface area contributed by atoms with Gasteiger partial charge in [0.15, 0.2) is 5.65 Å². The van der Waals surface area contributed by atoms with Crippen molar-refractivity contribution in [3.63, 3.8) is 0 Å². The van der Waals surface area contributed by atoms with Crippen LogP contribution in [0, 0.1) is 0 Å². The monoisotopic (exact) mass is 259 g/mol. The van der Waals surface area contributed by atoms with Gasteiger partial charge in [-0.25, -0.2) is 4.98 Å². The second-order valence-electron chi connectivity index (χ2n) is 4.68. The molecule has 0 unspecified atom stereocenters. The van der Waals surface area contributed by atoms with E-state index < -0.39 is 0 Å². The van der Waals surface area contributed by atoms with Crippen LogP contribution in [0.5, 0.6) is 0 Å². The Kier molecular flexibility index (Phi) is 2.77. The topological polar surface area (TPSA) is 74.8 Å². The van der Waals surface area contributed by atoms with Crippen LogP contribution in [0.1, 0.15) is 24.6 Å². The predicted octanol–water partition coefficient (Wildman–Crippen LogP) is 1.95. The van der Waals surface area contributed by atoms with E-state index in [1.807, 2.05) is 22.4 Å². The lowest BCUT2D eigenvalue weighted by molar-refractivity contribution is 0.562. The van der Waals surface area contributed by atoms with E-state index in [4.69, 9.17) is 10.2 Å². The van der Waals surface area contributed by atoms with E-state index in [1.54, 1.807) is 12.5 Å². The number of nitrogen functional groups attached to an aromatic ring is 1. The fourth-order valence-corrected chi connectivity index (χ4v) is 2.38. The highest BCUT2D eigenvalue weighted by molar-refractivity contribution is 5.77. The first kappa shape index (κ1) is 11.8. The zero-order chi connectivity index (χ0) is 13.4. The van der Waals surface area contributed by atoms with Gasteiger partial charge in [0.25, 0.3) is 0 Å². The second-order valence-corrected chi connectivity index (χ2v) is 4.68. The van der Waals surface area contributed by atoms with Crippen LogP contribution in [-0.4, -0.2) is 19.3 Å². The third-order valence-electron chi connectivity index (χ3n) is 3.23. The molecule has 0 atom stereocenters. The normalized spacial score (nSPS) is 11.5. The fraction of sp³-hybridized carbons (Fsp3) is 0.385. The van der Waals surface area contributed by atoms with E-state index in [9.17, 15) is 0 Å². The Bertz CT molecular complexity index is 692. The van der Waals surface area contributed by atoms with Crippen LogP contribution in [0.3, 0.4) is 0 Å². The van der Waals surface area contributed by atoms with Crippen LogP contribution in [0.25, 0.3) is 11.2 Å². The smallest absolute Gasteiger partial charge is 0.202 e. The van der Waals surface area contributed by atoms with E-state index in [0.29, 0.717) is 12.5 Å². The summed E-state index contributed by atoms with van der Waals surface area (Å²) >= 11 is 0. The number of aryl methyl sites for hydroxylation is 2. The molecule has 3 aromatic rings. The van der Waals surface area contributed by atoms with Gasteiger partial charge in [-0.15, -0.1) is 0 Å². The minimum absolute atomic E-state index is 0.515. The summed E-state index contributed by atoms with van der Waals surface area (Å²) in [7, 11) is 1.93. The molecule has 0 spiro atoms. The molecule has 2 N–H and O–H groups in total. The molecule has 0 aliphatic carbocycles. The molecule has 0 bridgehead atoms. The lowest BCUT2D eigenvalue weighted by Gasteiger charge is -2.04. The number of hydrogen-bond acceptors (Lipinski definition) is 4. The Morgan fingerprint density at radius 3 is 2.95 bits per heavy atom. The van der Waals surface area contributed by atoms with Crippen LogP contribution < -0.4 is 5.73 Å². The summed E-state index contributed by atoms with van der Waals surface area (Å²) in [6, 6.07) is 1.93. The van der Waals surface area contributed by atoms with E-state index in [-0.39, 0.29) is 0 Å². The number of nitrogens with two attached hydrogens (primary N) is 1. The average Bonchev–Trinajstić information content (AvgIpc) is 3.04. The van der Waals surface area contributed by atoms with Crippen molar-refractivity contribution in [3.05, 3.63) is 29.9 Å². The molecular formula is C13H17N5O. The average molecular weight is 259 g/mol. The number of hydrogen-bond donors (Lipinski definition) is 1. The molecule has 19 heavy (non-hydrogen) atoms. The molecular weight excluding hydrogens is 242 g/mol. The molecule has 0 amide bonds. The first-order chi connectivity index (χ1) is 9.20. The number of rotatable bonds is 4. The van der Waals surface area contributed by atoms with Gasteiger partial charge in [0.2, 0.25) is 5.95 Å². The van der Waals surface area contributed by atoms with Gasteiger partial charge >= 0.3 is 0 Å². The number of nitrogens with zero attached hydrogens (tertiary/aromatic N) is 4. The Hall–Kier alpha value is -2.24. The van der Waals surface area contributed by atoms with Gasteiger partial charge in [0.1, 0.15) is 5.52 Å². The van der Waals surface area contributed by atoms with Crippen LogP contribution in [-0.2, 0) is 20.0 Å². The van der Waals surface area contributed by atoms with Crippen molar-refractivity contribution in [2.75, 3.05) is 5.73 Å². The zero-order valence-electron chi connectivity index (χ0n) is 11.1. The van der Waals surface area contributed by atoms with Crippen molar-refractivity contribution in [2.24, 2.45) is 7.05 Å². The molecule has 6 nitrogen and oxygen atoms in total. The molecule has 0 aliphatic rings. The molecule has 3 heterocycles. The molecule has 0 saturated carbocycles. The van der Waals surface area contributed by atoms with E-state index in [2.05, 4.69) is 17.0 Å². The summed E-state index contributed by atoms with van der Waals surface area (Å²) in [5.41, 5.74) is 9.97. The van der Waals surface area contributed by atoms with Crippen molar-refractivity contribution in [1.29, 1.82) is 0 Å². The van der Waals surface area contributed by atoms with Gasteiger partial charge in [-0.3, -0.25) is 9.25 Å².